The van der Waals surface area contributed by atoms with Gasteiger partial charge in [0.05, 0.1) is 28.9 Å². The predicted octanol–water partition coefficient (Wildman–Crippen LogP) is 3.63. The van der Waals surface area contributed by atoms with Crippen molar-refractivity contribution in [2.45, 2.75) is 31.8 Å². The lowest BCUT2D eigenvalue weighted by molar-refractivity contribution is -0.122. The summed E-state index contributed by atoms with van der Waals surface area (Å²) in [6.45, 7) is 1.86. The summed E-state index contributed by atoms with van der Waals surface area (Å²) in [4.78, 5) is 19.3. The van der Waals surface area contributed by atoms with Crippen molar-refractivity contribution in [3.63, 3.8) is 0 Å². The standard InChI is InChI=1S/C22H25N3O2S/c1-27-18-10-6-16(7-11-18)14-25(17-8-9-17)15-21(26)23-13-12-22-24-19-4-2-3-5-20(19)28-22/h2-7,10-11,17H,8-9,12-15H2,1H3,(H,23,26). The molecule has 0 radical (unpaired) electrons. The van der Waals surface area contributed by atoms with Gasteiger partial charge >= 0.3 is 0 Å². The molecule has 1 heterocycles. The fraction of sp³-hybridized carbons (Fsp3) is 0.364. The summed E-state index contributed by atoms with van der Waals surface area (Å²) < 4.78 is 6.41. The minimum Gasteiger partial charge on any atom is -0.497 e. The SMILES string of the molecule is COc1ccc(CN(CC(=O)NCCc2nc3ccccc3s2)C2CC2)cc1. The molecular formula is C22H25N3O2S. The average Bonchev–Trinajstić information content (AvgIpc) is 3.47. The smallest absolute Gasteiger partial charge is 0.234 e. The van der Waals surface area contributed by atoms with E-state index in [4.69, 9.17) is 4.74 Å². The number of para-hydroxylation sites is 1. The van der Waals surface area contributed by atoms with Crippen LogP contribution in [0.15, 0.2) is 48.5 Å². The lowest BCUT2D eigenvalue weighted by Gasteiger charge is -2.21. The number of carbonyl (C=O) groups excluding carboxylic acids is 1. The van der Waals surface area contributed by atoms with Gasteiger partial charge in [-0.2, -0.15) is 0 Å². The molecule has 146 valence electrons. The molecule has 4 rings (SSSR count). The molecule has 1 aliphatic carbocycles. The van der Waals surface area contributed by atoms with Gasteiger partial charge in [0.2, 0.25) is 5.91 Å². The number of benzene rings is 2. The van der Waals surface area contributed by atoms with Crippen LogP contribution in [0, 0.1) is 0 Å². The Kier molecular flexibility index (Phi) is 5.88. The van der Waals surface area contributed by atoms with Gasteiger partial charge in [-0.1, -0.05) is 24.3 Å². The third-order valence-corrected chi connectivity index (χ3v) is 6.05. The van der Waals surface area contributed by atoms with E-state index < -0.39 is 0 Å². The van der Waals surface area contributed by atoms with Crippen molar-refractivity contribution < 1.29 is 9.53 Å². The number of hydrogen-bond donors (Lipinski definition) is 1. The minimum absolute atomic E-state index is 0.0847. The van der Waals surface area contributed by atoms with E-state index in [9.17, 15) is 4.79 Å². The third-order valence-electron chi connectivity index (χ3n) is 4.95. The second kappa shape index (κ2) is 8.71. The maximum atomic E-state index is 12.4. The molecule has 3 aromatic rings. The highest BCUT2D eigenvalue weighted by Crippen LogP contribution is 2.28. The first-order chi connectivity index (χ1) is 13.7. The van der Waals surface area contributed by atoms with Crippen molar-refractivity contribution in [2.24, 2.45) is 0 Å². The zero-order valence-corrected chi connectivity index (χ0v) is 16.9. The average molecular weight is 396 g/mol. The van der Waals surface area contributed by atoms with E-state index in [1.54, 1.807) is 18.4 Å². The van der Waals surface area contributed by atoms with Crippen molar-refractivity contribution >= 4 is 27.5 Å². The number of carbonyl (C=O) groups is 1. The summed E-state index contributed by atoms with van der Waals surface area (Å²) in [6.07, 6.45) is 3.12. The Bertz CT molecular complexity index is 901. The van der Waals surface area contributed by atoms with Crippen molar-refractivity contribution in [2.75, 3.05) is 20.2 Å². The number of rotatable bonds is 9. The van der Waals surface area contributed by atoms with Crippen LogP contribution in [0.2, 0.25) is 0 Å². The van der Waals surface area contributed by atoms with E-state index in [2.05, 4.69) is 33.4 Å². The van der Waals surface area contributed by atoms with E-state index >= 15 is 0 Å². The van der Waals surface area contributed by atoms with Crippen LogP contribution in [-0.2, 0) is 17.8 Å². The van der Waals surface area contributed by atoms with Crippen LogP contribution in [0.3, 0.4) is 0 Å². The van der Waals surface area contributed by atoms with Crippen molar-refractivity contribution in [1.29, 1.82) is 0 Å². The van der Waals surface area contributed by atoms with E-state index in [1.165, 1.54) is 23.1 Å². The Hall–Kier alpha value is -2.44. The van der Waals surface area contributed by atoms with Gasteiger partial charge in [-0.15, -0.1) is 11.3 Å². The van der Waals surface area contributed by atoms with Crippen LogP contribution in [0.1, 0.15) is 23.4 Å². The molecule has 0 atom stereocenters. The van der Waals surface area contributed by atoms with Crippen LogP contribution in [0.4, 0.5) is 0 Å². The van der Waals surface area contributed by atoms with Crippen LogP contribution >= 0.6 is 11.3 Å². The highest BCUT2D eigenvalue weighted by molar-refractivity contribution is 7.18. The number of thiazole rings is 1. The highest BCUT2D eigenvalue weighted by Gasteiger charge is 2.30. The van der Waals surface area contributed by atoms with Gasteiger partial charge in [0.1, 0.15) is 5.75 Å². The van der Waals surface area contributed by atoms with Crippen LogP contribution in [-0.4, -0.2) is 42.0 Å². The van der Waals surface area contributed by atoms with Gasteiger partial charge < -0.3 is 10.1 Å². The summed E-state index contributed by atoms with van der Waals surface area (Å²) in [6, 6.07) is 16.7. The molecule has 1 aromatic heterocycles. The number of nitrogens with one attached hydrogen (secondary N) is 1. The van der Waals surface area contributed by atoms with Crippen LogP contribution in [0.25, 0.3) is 10.2 Å². The van der Waals surface area contributed by atoms with Gasteiger partial charge in [0.25, 0.3) is 0 Å². The Morgan fingerprint density at radius 3 is 2.71 bits per heavy atom. The number of amides is 1. The Morgan fingerprint density at radius 1 is 1.21 bits per heavy atom. The minimum atomic E-state index is 0.0847. The maximum Gasteiger partial charge on any atom is 0.234 e. The number of aromatic nitrogens is 1. The van der Waals surface area contributed by atoms with Crippen molar-refractivity contribution in [3.05, 3.63) is 59.1 Å². The summed E-state index contributed by atoms with van der Waals surface area (Å²) >= 11 is 1.70. The molecule has 2 aromatic carbocycles. The van der Waals surface area contributed by atoms with E-state index in [0.29, 0.717) is 19.1 Å². The Labute approximate surface area is 169 Å². The fourth-order valence-electron chi connectivity index (χ4n) is 3.30. The van der Waals surface area contributed by atoms with Crippen LogP contribution in [0.5, 0.6) is 5.75 Å². The zero-order chi connectivity index (χ0) is 19.3. The molecule has 1 fully saturated rings. The van der Waals surface area contributed by atoms with Crippen LogP contribution < -0.4 is 10.1 Å². The quantitative estimate of drug-likeness (QED) is 0.601. The summed E-state index contributed by atoms with van der Waals surface area (Å²) in [5.41, 5.74) is 2.24. The zero-order valence-electron chi connectivity index (χ0n) is 16.1. The van der Waals surface area contributed by atoms with Gasteiger partial charge in [-0.05, 0) is 42.7 Å². The normalized spacial score (nSPS) is 13.8. The number of nitrogens with zero attached hydrogens (tertiary/aromatic N) is 2. The fourth-order valence-corrected chi connectivity index (χ4v) is 4.26. The summed E-state index contributed by atoms with van der Waals surface area (Å²) in [5, 5.41) is 4.13. The highest BCUT2D eigenvalue weighted by atomic mass is 32.1. The number of methoxy groups -OCH3 is 1. The van der Waals surface area contributed by atoms with Gasteiger partial charge in [0.15, 0.2) is 0 Å². The number of hydrogen-bond acceptors (Lipinski definition) is 5. The second-order valence-corrected chi connectivity index (χ2v) is 8.27. The molecule has 6 heteroatoms. The molecule has 28 heavy (non-hydrogen) atoms. The largest absolute Gasteiger partial charge is 0.497 e. The first-order valence-electron chi connectivity index (χ1n) is 9.69. The predicted molar refractivity (Wildman–Crippen MR) is 113 cm³/mol. The molecule has 0 bridgehead atoms. The molecule has 1 saturated carbocycles. The first-order valence-corrected chi connectivity index (χ1v) is 10.5. The van der Waals surface area contributed by atoms with Gasteiger partial charge in [-0.25, -0.2) is 4.98 Å². The molecule has 0 saturated heterocycles. The summed E-state index contributed by atoms with van der Waals surface area (Å²) in [7, 11) is 1.67. The molecule has 1 N–H and O–H groups in total. The Balaban J connectivity index is 1.27. The third kappa shape index (κ3) is 4.88. The number of fused-ring (bicyclic) bond motifs is 1. The molecule has 1 amide bonds. The molecule has 0 spiro atoms. The molecular weight excluding hydrogens is 370 g/mol. The lowest BCUT2D eigenvalue weighted by Crippen LogP contribution is -2.38. The first kappa shape index (κ1) is 18.9. The Morgan fingerprint density at radius 2 is 2.00 bits per heavy atom. The van der Waals surface area contributed by atoms with Crippen molar-refractivity contribution in [1.82, 2.24) is 15.2 Å². The lowest BCUT2D eigenvalue weighted by atomic mass is 10.2. The monoisotopic (exact) mass is 395 g/mol. The van der Waals surface area contributed by atoms with Gasteiger partial charge in [0, 0.05) is 25.6 Å². The topological polar surface area (TPSA) is 54.5 Å². The molecule has 0 unspecified atom stereocenters. The number of ether oxygens (including phenoxy) is 1. The summed E-state index contributed by atoms with van der Waals surface area (Å²) in [5.74, 6) is 0.941. The van der Waals surface area contributed by atoms with E-state index in [0.717, 1.165) is 29.2 Å². The maximum absolute atomic E-state index is 12.4. The molecule has 5 nitrogen and oxygen atoms in total. The molecule has 0 aliphatic heterocycles. The van der Waals surface area contributed by atoms with Gasteiger partial charge in [-0.3, -0.25) is 9.69 Å². The van der Waals surface area contributed by atoms with E-state index in [-0.39, 0.29) is 5.91 Å². The van der Waals surface area contributed by atoms with Crippen molar-refractivity contribution in [3.8, 4) is 5.75 Å². The van der Waals surface area contributed by atoms with E-state index in [1.807, 2.05) is 30.3 Å². The molecule has 1 aliphatic rings. The second-order valence-electron chi connectivity index (χ2n) is 7.16.